The number of hydrogen-bond acceptors (Lipinski definition) is 0. The molecule has 0 heteroatoms. The lowest BCUT2D eigenvalue weighted by molar-refractivity contribution is 0.897. The first-order valence-corrected chi connectivity index (χ1v) is 6.69. The molecule has 2 aromatic rings. The summed E-state index contributed by atoms with van der Waals surface area (Å²) in [5, 5.41) is 2.85. The predicted molar refractivity (Wildman–Crippen MR) is 77.7 cm³/mol. The van der Waals surface area contributed by atoms with E-state index in [1.165, 1.54) is 28.8 Å². The van der Waals surface area contributed by atoms with E-state index in [4.69, 9.17) is 0 Å². The van der Waals surface area contributed by atoms with E-state index in [0.717, 1.165) is 0 Å². The topological polar surface area (TPSA) is 0 Å². The SMILES string of the molecule is C[C@@H](C1=c2ccccc2=CCC1)c1ccccc1. The second-order valence-electron chi connectivity index (χ2n) is 4.99. The van der Waals surface area contributed by atoms with Crippen LogP contribution in [0, 0.1) is 0 Å². The molecule has 0 aliphatic heterocycles. The first-order chi connectivity index (χ1) is 8.86. The summed E-state index contributed by atoms with van der Waals surface area (Å²) in [5.41, 5.74) is 3.00. The average molecular weight is 234 g/mol. The van der Waals surface area contributed by atoms with Gasteiger partial charge in [-0.15, -0.1) is 0 Å². The molecule has 0 saturated heterocycles. The van der Waals surface area contributed by atoms with E-state index in [0.29, 0.717) is 5.92 Å². The van der Waals surface area contributed by atoms with Crippen LogP contribution in [0.5, 0.6) is 0 Å². The summed E-state index contributed by atoms with van der Waals surface area (Å²) in [5.74, 6) is 0.515. The fourth-order valence-electron chi connectivity index (χ4n) is 2.88. The molecule has 0 heterocycles. The van der Waals surface area contributed by atoms with Gasteiger partial charge in [0.1, 0.15) is 0 Å². The van der Waals surface area contributed by atoms with Gasteiger partial charge in [0.25, 0.3) is 0 Å². The molecular weight excluding hydrogens is 216 g/mol. The molecule has 0 radical (unpaired) electrons. The second kappa shape index (κ2) is 4.81. The zero-order chi connectivity index (χ0) is 12.4. The highest BCUT2D eigenvalue weighted by molar-refractivity contribution is 5.58. The largest absolute Gasteiger partial charge is 0.0763 e. The van der Waals surface area contributed by atoms with Gasteiger partial charge in [-0.25, -0.2) is 0 Å². The molecule has 18 heavy (non-hydrogen) atoms. The Morgan fingerprint density at radius 2 is 1.61 bits per heavy atom. The maximum absolute atomic E-state index is 2.36. The highest BCUT2D eigenvalue weighted by atomic mass is 14.2. The molecule has 1 aliphatic rings. The molecule has 0 amide bonds. The van der Waals surface area contributed by atoms with Crippen LogP contribution in [-0.2, 0) is 0 Å². The first kappa shape index (κ1) is 11.3. The van der Waals surface area contributed by atoms with Gasteiger partial charge >= 0.3 is 0 Å². The molecule has 3 rings (SSSR count). The summed E-state index contributed by atoms with van der Waals surface area (Å²) in [4.78, 5) is 0. The molecule has 0 nitrogen and oxygen atoms in total. The summed E-state index contributed by atoms with van der Waals surface area (Å²) in [7, 11) is 0. The van der Waals surface area contributed by atoms with E-state index in [2.05, 4.69) is 67.6 Å². The number of rotatable bonds is 2. The summed E-state index contributed by atoms with van der Waals surface area (Å²) < 4.78 is 0. The van der Waals surface area contributed by atoms with Crippen LogP contribution < -0.4 is 10.4 Å². The molecule has 1 atom stereocenters. The quantitative estimate of drug-likeness (QED) is 0.748. The number of fused-ring (bicyclic) bond motifs is 1. The fourth-order valence-corrected chi connectivity index (χ4v) is 2.88. The fraction of sp³-hybridized carbons (Fsp3) is 0.222. The maximum Gasteiger partial charge on any atom is 0.00291 e. The van der Waals surface area contributed by atoms with E-state index >= 15 is 0 Å². The molecule has 0 N–H and O–H groups in total. The molecule has 0 fully saturated rings. The lowest BCUT2D eigenvalue weighted by atomic mass is 9.86. The van der Waals surface area contributed by atoms with Gasteiger partial charge in [0.05, 0.1) is 0 Å². The van der Waals surface area contributed by atoms with Gasteiger partial charge in [-0.05, 0) is 28.8 Å². The van der Waals surface area contributed by atoms with Crippen molar-refractivity contribution < 1.29 is 0 Å². The molecule has 0 aromatic heterocycles. The van der Waals surface area contributed by atoms with Crippen LogP contribution in [0.1, 0.15) is 31.2 Å². The highest BCUT2D eigenvalue weighted by Gasteiger charge is 2.13. The Balaban J connectivity index is 2.16. The lowest BCUT2D eigenvalue weighted by Gasteiger charge is -2.19. The van der Waals surface area contributed by atoms with Crippen molar-refractivity contribution in [3.63, 3.8) is 0 Å². The zero-order valence-electron chi connectivity index (χ0n) is 10.8. The van der Waals surface area contributed by atoms with E-state index in [9.17, 15) is 0 Å². The lowest BCUT2D eigenvalue weighted by Crippen LogP contribution is -2.30. The van der Waals surface area contributed by atoms with Crippen LogP contribution in [0.2, 0.25) is 0 Å². The van der Waals surface area contributed by atoms with Crippen molar-refractivity contribution in [1.29, 1.82) is 0 Å². The normalized spacial score (nSPS) is 15.7. The Bertz CT molecular complexity index is 650. The molecular formula is C18H18. The molecule has 90 valence electrons. The van der Waals surface area contributed by atoms with Crippen LogP contribution in [0.15, 0.2) is 54.6 Å². The standard InChI is InChI=1S/C18H18/c1-14(15-8-3-2-4-9-15)17-13-7-11-16-10-5-6-12-18(16)17/h2-6,8-12,14H,7,13H2,1H3/t14-/m1/s1. The molecule has 2 aromatic carbocycles. The number of hydrogen-bond donors (Lipinski definition) is 0. The van der Waals surface area contributed by atoms with Crippen LogP contribution in [-0.4, -0.2) is 0 Å². The monoisotopic (exact) mass is 234 g/mol. The Morgan fingerprint density at radius 3 is 2.44 bits per heavy atom. The van der Waals surface area contributed by atoms with Crippen LogP contribution >= 0.6 is 0 Å². The van der Waals surface area contributed by atoms with Gasteiger partial charge in [-0.1, -0.05) is 73.2 Å². The highest BCUT2D eigenvalue weighted by Crippen LogP contribution is 2.27. The van der Waals surface area contributed by atoms with Crippen molar-refractivity contribution in [3.05, 3.63) is 70.6 Å². The van der Waals surface area contributed by atoms with E-state index in [1.807, 2.05) is 0 Å². The smallest absolute Gasteiger partial charge is 0.00291 e. The maximum atomic E-state index is 2.36. The van der Waals surface area contributed by atoms with Crippen LogP contribution in [0.25, 0.3) is 11.6 Å². The Hall–Kier alpha value is -1.82. The number of benzene rings is 2. The molecule has 0 bridgehead atoms. The van der Waals surface area contributed by atoms with E-state index < -0.39 is 0 Å². The van der Waals surface area contributed by atoms with Gasteiger partial charge in [-0.2, -0.15) is 0 Å². The van der Waals surface area contributed by atoms with Crippen molar-refractivity contribution in [3.8, 4) is 0 Å². The molecule has 0 saturated carbocycles. The van der Waals surface area contributed by atoms with Crippen molar-refractivity contribution in [2.75, 3.05) is 0 Å². The molecule has 0 spiro atoms. The van der Waals surface area contributed by atoms with Crippen molar-refractivity contribution in [2.24, 2.45) is 0 Å². The van der Waals surface area contributed by atoms with Crippen molar-refractivity contribution in [2.45, 2.75) is 25.7 Å². The molecule has 0 unspecified atom stereocenters. The first-order valence-electron chi connectivity index (χ1n) is 6.69. The summed E-state index contributed by atoms with van der Waals surface area (Å²) in [6.07, 6.45) is 4.72. The van der Waals surface area contributed by atoms with Crippen LogP contribution in [0.3, 0.4) is 0 Å². The third-order valence-electron chi connectivity index (χ3n) is 3.91. The summed E-state index contributed by atoms with van der Waals surface area (Å²) >= 11 is 0. The van der Waals surface area contributed by atoms with Gasteiger partial charge < -0.3 is 0 Å². The van der Waals surface area contributed by atoms with E-state index in [1.54, 1.807) is 5.57 Å². The van der Waals surface area contributed by atoms with Gasteiger partial charge in [0.15, 0.2) is 0 Å². The summed E-state index contributed by atoms with van der Waals surface area (Å²) in [6.45, 7) is 2.33. The molecule has 1 aliphatic carbocycles. The van der Waals surface area contributed by atoms with Crippen molar-refractivity contribution >= 4 is 11.6 Å². The zero-order valence-corrected chi connectivity index (χ0v) is 10.8. The minimum absolute atomic E-state index is 0.515. The Kier molecular flexibility index (Phi) is 3.02. The Labute approximate surface area is 108 Å². The minimum atomic E-state index is 0.515. The third kappa shape index (κ3) is 1.99. The second-order valence-corrected chi connectivity index (χ2v) is 4.99. The Morgan fingerprint density at radius 1 is 0.889 bits per heavy atom. The predicted octanol–water partition coefficient (Wildman–Crippen LogP) is 3.22. The third-order valence-corrected chi connectivity index (χ3v) is 3.91. The van der Waals surface area contributed by atoms with E-state index in [-0.39, 0.29) is 0 Å². The summed E-state index contributed by atoms with van der Waals surface area (Å²) in [6, 6.07) is 19.6. The van der Waals surface area contributed by atoms with Gasteiger partial charge in [0, 0.05) is 5.92 Å². The average Bonchev–Trinajstić information content (AvgIpc) is 2.47. The van der Waals surface area contributed by atoms with Crippen molar-refractivity contribution in [1.82, 2.24) is 0 Å². The van der Waals surface area contributed by atoms with Gasteiger partial charge in [-0.3, -0.25) is 0 Å². The van der Waals surface area contributed by atoms with Gasteiger partial charge in [0.2, 0.25) is 0 Å². The minimum Gasteiger partial charge on any atom is -0.0763 e. The van der Waals surface area contributed by atoms with Crippen LogP contribution in [0.4, 0.5) is 0 Å².